The lowest BCUT2D eigenvalue weighted by atomic mass is 10.2. The number of rotatable bonds is 4. The third-order valence-electron chi connectivity index (χ3n) is 3.32. The highest BCUT2D eigenvalue weighted by atomic mass is 16.2. The monoisotopic (exact) mass is 232 g/mol. The Morgan fingerprint density at radius 3 is 2.53 bits per heavy atom. The summed E-state index contributed by atoms with van der Waals surface area (Å²) in [6.07, 6.45) is 2.95. The maximum atomic E-state index is 11.9. The van der Waals surface area contributed by atoms with Crippen LogP contribution in [0.25, 0.3) is 0 Å². The predicted molar refractivity (Wildman–Crippen MR) is 70.1 cm³/mol. The number of anilines is 1. The molecule has 1 aromatic carbocycles. The maximum absolute atomic E-state index is 11.9. The molecule has 0 spiro atoms. The SMILES string of the molecule is CN(CCC(=O)N1CCCC1)c1ccccc1. The van der Waals surface area contributed by atoms with Gasteiger partial charge in [-0.15, -0.1) is 0 Å². The van der Waals surface area contributed by atoms with E-state index in [1.54, 1.807) is 0 Å². The standard InChI is InChI=1S/C14H20N2O/c1-15(13-7-3-2-4-8-13)12-9-14(17)16-10-5-6-11-16/h2-4,7-8H,5-6,9-12H2,1H3. The Labute approximate surface area is 103 Å². The van der Waals surface area contributed by atoms with Crippen molar-refractivity contribution in [1.82, 2.24) is 4.90 Å². The van der Waals surface area contributed by atoms with Gasteiger partial charge in [-0.3, -0.25) is 4.79 Å². The largest absolute Gasteiger partial charge is 0.374 e. The van der Waals surface area contributed by atoms with Crippen LogP contribution in [-0.2, 0) is 4.79 Å². The van der Waals surface area contributed by atoms with E-state index in [2.05, 4.69) is 17.0 Å². The minimum Gasteiger partial charge on any atom is -0.374 e. The summed E-state index contributed by atoms with van der Waals surface area (Å²) in [5.41, 5.74) is 1.17. The molecule has 1 saturated heterocycles. The van der Waals surface area contributed by atoms with Gasteiger partial charge in [0.1, 0.15) is 0 Å². The first-order valence-electron chi connectivity index (χ1n) is 6.31. The molecule has 3 heteroatoms. The Morgan fingerprint density at radius 1 is 1.24 bits per heavy atom. The van der Waals surface area contributed by atoms with E-state index in [-0.39, 0.29) is 0 Å². The second kappa shape index (κ2) is 5.71. The Morgan fingerprint density at radius 2 is 1.88 bits per heavy atom. The van der Waals surface area contributed by atoms with Crippen molar-refractivity contribution < 1.29 is 4.79 Å². The lowest BCUT2D eigenvalue weighted by Crippen LogP contribution is -2.31. The molecule has 3 nitrogen and oxygen atoms in total. The van der Waals surface area contributed by atoms with Gasteiger partial charge in [0.15, 0.2) is 0 Å². The summed E-state index contributed by atoms with van der Waals surface area (Å²) in [4.78, 5) is 16.0. The molecule has 1 aromatic rings. The second-order valence-corrected chi connectivity index (χ2v) is 4.59. The molecule has 1 aliphatic rings. The van der Waals surface area contributed by atoms with E-state index in [0.29, 0.717) is 12.3 Å². The number of amides is 1. The summed E-state index contributed by atoms with van der Waals surface area (Å²) >= 11 is 0. The third-order valence-corrected chi connectivity index (χ3v) is 3.32. The molecule has 0 atom stereocenters. The number of para-hydroxylation sites is 1. The van der Waals surface area contributed by atoms with Gasteiger partial charge in [-0.25, -0.2) is 0 Å². The minimum atomic E-state index is 0.297. The summed E-state index contributed by atoms with van der Waals surface area (Å²) in [5, 5.41) is 0. The van der Waals surface area contributed by atoms with Gasteiger partial charge in [0.05, 0.1) is 0 Å². The van der Waals surface area contributed by atoms with Crippen LogP contribution < -0.4 is 4.90 Å². The van der Waals surface area contributed by atoms with E-state index in [9.17, 15) is 4.79 Å². The number of benzene rings is 1. The van der Waals surface area contributed by atoms with Crippen LogP contribution in [0.5, 0.6) is 0 Å². The molecule has 92 valence electrons. The van der Waals surface area contributed by atoms with E-state index < -0.39 is 0 Å². The first-order chi connectivity index (χ1) is 8.27. The van der Waals surface area contributed by atoms with Crippen LogP contribution in [0.4, 0.5) is 5.69 Å². The molecule has 2 rings (SSSR count). The van der Waals surface area contributed by atoms with Crippen molar-refractivity contribution in [3.05, 3.63) is 30.3 Å². The molecule has 0 unspecified atom stereocenters. The fourth-order valence-electron chi connectivity index (χ4n) is 2.20. The molecule has 0 aliphatic carbocycles. The quantitative estimate of drug-likeness (QED) is 0.794. The topological polar surface area (TPSA) is 23.6 Å². The molecule has 0 bridgehead atoms. The van der Waals surface area contributed by atoms with Gasteiger partial charge in [0.2, 0.25) is 5.91 Å². The second-order valence-electron chi connectivity index (χ2n) is 4.59. The van der Waals surface area contributed by atoms with Crippen molar-refractivity contribution in [2.45, 2.75) is 19.3 Å². The van der Waals surface area contributed by atoms with Crippen molar-refractivity contribution in [3.8, 4) is 0 Å². The zero-order chi connectivity index (χ0) is 12.1. The van der Waals surface area contributed by atoms with E-state index in [1.807, 2.05) is 30.1 Å². The van der Waals surface area contributed by atoms with E-state index in [1.165, 1.54) is 18.5 Å². The summed E-state index contributed by atoms with van der Waals surface area (Å²) < 4.78 is 0. The molecule has 0 N–H and O–H groups in total. The minimum absolute atomic E-state index is 0.297. The first kappa shape index (κ1) is 12.0. The van der Waals surface area contributed by atoms with Gasteiger partial charge >= 0.3 is 0 Å². The molecular weight excluding hydrogens is 212 g/mol. The summed E-state index contributed by atoms with van der Waals surface area (Å²) in [6.45, 7) is 2.70. The van der Waals surface area contributed by atoms with Crippen LogP contribution in [0.1, 0.15) is 19.3 Å². The van der Waals surface area contributed by atoms with Crippen LogP contribution in [-0.4, -0.2) is 37.5 Å². The lowest BCUT2D eigenvalue weighted by molar-refractivity contribution is -0.129. The van der Waals surface area contributed by atoms with Crippen LogP contribution in [0.3, 0.4) is 0 Å². The van der Waals surface area contributed by atoms with E-state index in [4.69, 9.17) is 0 Å². The van der Waals surface area contributed by atoms with Gasteiger partial charge in [-0.05, 0) is 25.0 Å². The average Bonchev–Trinajstić information content (AvgIpc) is 2.90. The first-order valence-corrected chi connectivity index (χ1v) is 6.31. The molecule has 0 aromatic heterocycles. The van der Waals surface area contributed by atoms with Gasteiger partial charge < -0.3 is 9.80 Å². The van der Waals surface area contributed by atoms with Crippen LogP contribution in [0.2, 0.25) is 0 Å². The molecule has 1 fully saturated rings. The zero-order valence-electron chi connectivity index (χ0n) is 10.4. The normalized spacial score (nSPS) is 15.0. The van der Waals surface area contributed by atoms with Crippen molar-refractivity contribution in [2.24, 2.45) is 0 Å². The van der Waals surface area contributed by atoms with Crippen LogP contribution in [0, 0.1) is 0 Å². The molecule has 1 amide bonds. The highest BCUT2D eigenvalue weighted by Gasteiger charge is 2.17. The highest BCUT2D eigenvalue weighted by molar-refractivity contribution is 5.77. The third kappa shape index (κ3) is 3.22. The zero-order valence-corrected chi connectivity index (χ0v) is 10.4. The van der Waals surface area contributed by atoms with Crippen molar-refractivity contribution in [3.63, 3.8) is 0 Å². The average molecular weight is 232 g/mol. The van der Waals surface area contributed by atoms with Gasteiger partial charge in [0, 0.05) is 38.8 Å². The van der Waals surface area contributed by atoms with Gasteiger partial charge in [-0.1, -0.05) is 18.2 Å². The van der Waals surface area contributed by atoms with Crippen molar-refractivity contribution in [2.75, 3.05) is 31.6 Å². The number of likely N-dealkylation sites (tertiary alicyclic amines) is 1. The Balaban J connectivity index is 1.80. The molecule has 0 radical (unpaired) electrons. The van der Waals surface area contributed by atoms with E-state index in [0.717, 1.165) is 19.6 Å². The fraction of sp³-hybridized carbons (Fsp3) is 0.500. The molecule has 1 heterocycles. The molecular formula is C14H20N2O. The lowest BCUT2D eigenvalue weighted by Gasteiger charge is -2.21. The Kier molecular flexibility index (Phi) is 4.02. The number of hydrogen-bond acceptors (Lipinski definition) is 2. The smallest absolute Gasteiger partial charge is 0.224 e. The summed E-state index contributed by atoms with van der Waals surface area (Å²) in [5.74, 6) is 0.297. The summed E-state index contributed by atoms with van der Waals surface area (Å²) in [6, 6.07) is 10.2. The summed E-state index contributed by atoms with van der Waals surface area (Å²) in [7, 11) is 2.03. The molecule has 17 heavy (non-hydrogen) atoms. The number of nitrogens with zero attached hydrogens (tertiary/aromatic N) is 2. The van der Waals surface area contributed by atoms with Crippen LogP contribution in [0.15, 0.2) is 30.3 Å². The maximum Gasteiger partial charge on any atom is 0.224 e. The molecule has 0 saturated carbocycles. The van der Waals surface area contributed by atoms with Crippen molar-refractivity contribution in [1.29, 1.82) is 0 Å². The highest BCUT2D eigenvalue weighted by Crippen LogP contribution is 2.13. The van der Waals surface area contributed by atoms with Gasteiger partial charge in [-0.2, -0.15) is 0 Å². The molecule has 1 aliphatic heterocycles. The fourth-order valence-corrected chi connectivity index (χ4v) is 2.20. The Bertz CT molecular complexity index is 358. The van der Waals surface area contributed by atoms with Crippen molar-refractivity contribution >= 4 is 11.6 Å². The van der Waals surface area contributed by atoms with Gasteiger partial charge in [0.25, 0.3) is 0 Å². The Hall–Kier alpha value is -1.51. The van der Waals surface area contributed by atoms with Crippen LogP contribution >= 0.6 is 0 Å². The number of carbonyl (C=O) groups excluding carboxylic acids is 1. The predicted octanol–water partition coefficient (Wildman–Crippen LogP) is 2.14. The number of hydrogen-bond donors (Lipinski definition) is 0. The number of carbonyl (C=O) groups is 1. The van der Waals surface area contributed by atoms with E-state index >= 15 is 0 Å².